The van der Waals surface area contributed by atoms with Crippen molar-refractivity contribution in [2.24, 2.45) is 17.3 Å². The van der Waals surface area contributed by atoms with Crippen LogP contribution in [0.5, 0.6) is 0 Å². The lowest BCUT2D eigenvalue weighted by Crippen LogP contribution is -2.45. The van der Waals surface area contributed by atoms with Gasteiger partial charge in [-0.1, -0.05) is 19.4 Å². The fraction of sp³-hybridized carbons (Fsp3) is 0.476. The number of hydrogen-bond donors (Lipinski definition) is 0. The van der Waals surface area contributed by atoms with E-state index in [1.807, 2.05) is 17.6 Å². The Hall–Kier alpha value is -2.11. The van der Waals surface area contributed by atoms with Gasteiger partial charge < -0.3 is 4.57 Å². The molecule has 4 rings (SSSR count). The monoisotopic (exact) mass is 378 g/mol. The lowest BCUT2D eigenvalue weighted by Gasteiger charge is -2.48. The fourth-order valence-corrected chi connectivity index (χ4v) is 4.86. The first kappa shape index (κ1) is 18.3. The largest absolute Gasteiger partial charge is 0.391 e. The van der Waals surface area contributed by atoms with Gasteiger partial charge in [0.1, 0.15) is 5.82 Å². The Morgan fingerprint density at radius 1 is 1.22 bits per heavy atom. The SMILES string of the molecule is CC([C@H]1CCCC2=Cc3c(-c4ccc(F)cc4)ncn3C[C@@]21C)C(F)(F)F. The van der Waals surface area contributed by atoms with Gasteiger partial charge in [-0.05, 0) is 55.5 Å². The molecule has 2 aromatic rings. The predicted molar refractivity (Wildman–Crippen MR) is 96.3 cm³/mol. The molecule has 1 aliphatic carbocycles. The van der Waals surface area contributed by atoms with Crippen LogP contribution in [0.3, 0.4) is 0 Å². The molecule has 1 fully saturated rings. The maximum atomic E-state index is 13.4. The van der Waals surface area contributed by atoms with Crippen molar-refractivity contribution in [1.29, 1.82) is 0 Å². The molecule has 3 atom stereocenters. The Morgan fingerprint density at radius 2 is 1.93 bits per heavy atom. The zero-order valence-electron chi connectivity index (χ0n) is 15.4. The minimum Gasteiger partial charge on any atom is -0.330 e. The zero-order chi connectivity index (χ0) is 19.4. The molecule has 1 aromatic heterocycles. The van der Waals surface area contributed by atoms with Crippen LogP contribution in [0, 0.1) is 23.1 Å². The number of allylic oxidation sites excluding steroid dienone is 1. The van der Waals surface area contributed by atoms with E-state index in [2.05, 4.69) is 4.98 Å². The van der Waals surface area contributed by atoms with E-state index >= 15 is 0 Å². The van der Waals surface area contributed by atoms with E-state index < -0.39 is 23.4 Å². The number of alkyl halides is 3. The van der Waals surface area contributed by atoms with Crippen molar-refractivity contribution in [2.75, 3.05) is 0 Å². The zero-order valence-corrected chi connectivity index (χ0v) is 15.4. The standard InChI is InChI=1S/C21H22F4N2/c1-13(21(23,24)25)17-5-3-4-15-10-18-19(14-6-8-16(22)9-7-14)26-12-27(18)11-20(15,17)2/h6-10,12-13,17H,3-5,11H2,1-2H3/t13?,17-,20+/m1/s1. The Balaban J connectivity index is 1.74. The second-order valence-electron chi connectivity index (χ2n) is 8.03. The summed E-state index contributed by atoms with van der Waals surface area (Å²) in [6.45, 7) is 3.77. The minimum absolute atomic E-state index is 0.311. The Morgan fingerprint density at radius 3 is 2.59 bits per heavy atom. The van der Waals surface area contributed by atoms with Gasteiger partial charge in [-0.2, -0.15) is 13.2 Å². The molecule has 2 heterocycles. The molecule has 0 bridgehead atoms. The topological polar surface area (TPSA) is 17.8 Å². The summed E-state index contributed by atoms with van der Waals surface area (Å²) in [5.74, 6) is -2.09. The third kappa shape index (κ3) is 2.99. The van der Waals surface area contributed by atoms with Crippen LogP contribution in [0.25, 0.3) is 17.3 Å². The van der Waals surface area contributed by atoms with Gasteiger partial charge in [0.25, 0.3) is 0 Å². The van der Waals surface area contributed by atoms with Gasteiger partial charge in [-0.3, -0.25) is 0 Å². The number of aromatic nitrogens is 2. The maximum Gasteiger partial charge on any atom is 0.391 e. The number of halogens is 4. The number of nitrogens with zero attached hydrogens (tertiary/aromatic N) is 2. The van der Waals surface area contributed by atoms with Crippen molar-refractivity contribution in [3.05, 3.63) is 47.7 Å². The molecule has 1 saturated carbocycles. The van der Waals surface area contributed by atoms with E-state index in [-0.39, 0.29) is 5.82 Å². The highest BCUT2D eigenvalue weighted by Gasteiger charge is 2.52. The highest BCUT2D eigenvalue weighted by molar-refractivity contribution is 5.72. The average molecular weight is 378 g/mol. The molecule has 2 nitrogen and oxygen atoms in total. The summed E-state index contributed by atoms with van der Waals surface area (Å²) in [5, 5.41) is 0. The number of fused-ring (bicyclic) bond motifs is 2. The Kier molecular flexibility index (Phi) is 4.20. The van der Waals surface area contributed by atoms with Gasteiger partial charge in [0.2, 0.25) is 0 Å². The molecule has 6 heteroatoms. The Bertz CT molecular complexity index is 879. The van der Waals surface area contributed by atoms with Crippen molar-refractivity contribution in [2.45, 2.75) is 45.8 Å². The first-order chi connectivity index (χ1) is 12.7. The van der Waals surface area contributed by atoms with Gasteiger partial charge in [0.15, 0.2) is 0 Å². The van der Waals surface area contributed by atoms with E-state index in [0.29, 0.717) is 13.0 Å². The third-order valence-electron chi connectivity index (χ3n) is 6.44. The number of hydrogen-bond acceptors (Lipinski definition) is 1. The highest BCUT2D eigenvalue weighted by atomic mass is 19.4. The molecule has 1 unspecified atom stereocenters. The molecule has 144 valence electrons. The van der Waals surface area contributed by atoms with E-state index in [4.69, 9.17) is 0 Å². The summed E-state index contributed by atoms with van der Waals surface area (Å²) in [6, 6.07) is 6.14. The molecular formula is C21H22F4N2. The van der Waals surface area contributed by atoms with Gasteiger partial charge in [0, 0.05) is 17.5 Å². The summed E-state index contributed by atoms with van der Waals surface area (Å²) in [5.41, 5.74) is 3.00. The van der Waals surface area contributed by atoms with Crippen molar-refractivity contribution in [1.82, 2.24) is 9.55 Å². The summed E-state index contributed by atoms with van der Waals surface area (Å²) in [6.07, 6.45) is 1.69. The van der Waals surface area contributed by atoms with E-state index in [9.17, 15) is 17.6 Å². The van der Waals surface area contributed by atoms with Crippen LogP contribution in [0.1, 0.15) is 38.8 Å². The van der Waals surface area contributed by atoms with Crippen LogP contribution in [0.15, 0.2) is 36.2 Å². The summed E-state index contributed by atoms with van der Waals surface area (Å²) in [4.78, 5) is 4.48. The molecule has 0 spiro atoms. The predicted octanol–water partition coefficient (Wildman–Crippen LogP) is 6.09. The lowest BCUT2D eigenvalue weighted by atomic mass is 9.59. The molecule has 0 saturated heterocycles. The summed E-state index contributed by atoms with van der Waals surface area (Å²) >= 11 is 0. The quantitative estimate of drug-likeness (QED) is 0.578. The van der Waals surface area contributed by atoms with Crippen molar-refractivity contribution in [3.8, 4) is 11.3 Å². The Labute approximate surface area is 155 Å². The molecule has 27 heavy (non-hydrogen) atoms. The van der Waals surface area contributed by atoms with Crippen molar-refractivity contribution in [3.63, 3.8) is 0 Å². The van der Waals surface area contributed by atoms with Crippen LogP contribution >= 0.6 is 0 Å². The van der Waals surface area contributed by atoms with Gasteiger partial charge in [-0.25, -0.2) is 9.37 Å². The molecule has 2 aliphatic rings. The van der Waals surface area contributed by atoms with E-state index in [0.717, 1.165) is 35.4 Å². The maximum absolute atomic E-state index is 13.4. The molecule has 0 N–H and O–H groups in total. The number of rotatable bonds is 2. The van der Waals surface area contributed by atoms with Crippen molar-refractivity contribution < 1.29 is 17.6 Å². The first-order valence-corrected chi connectivity index (χ1v) is 9.29. The average Bonchev–Trinajstić information content (AvgIpc) is 3.00. The molecule has 0 amide bonds. The van der Waals surface area contributed by atoms with Crippen LogP contribution in [0.4, 0.5) is 17.6 Å². The van der Waals surface area contributed by atoms with Gasteiger partial charge in [-0.15, -0.1) is 0 Å². The molecule has 0 radical (unpaired) electrons. The third-order valence-corrected chi connectivity index (χ3v) is 6.44. The second kappa shape index (κ2) is 6.21. The number of benzene rings is 1. The molecule has 1 aliphatic heterocycles. The smallest absolute Gasteiger partial charge is 0.330 e. The van der Waals surface area contributed by atoms with Gasteiger partial charge >= 0.3 is 6.18 Å². The number of imidazole rings is 1. The molecule has 1 aromatic carbocycles. The van der Waals surface area contributed by atoms with Crippen LogP contribution in [-0.2, 0) is 6.54 Å². The lowest BCUT2D eigenvalue weighted by molar-refractivity contribution is -0.196. The first-order valence-electron chi connectivity index (χ1n) is 9.29. The van der Waals surface area contributed by atoms with E-state index in [1.165, 1.54) is 19.1 Å². The second-order valence-corrected chi connectivity index (χ2v) is 8.03. The summed E-state index contributed by atoms with van der Waals surface area (Å²) in [7, 11) is 0. The van der Waals surface area contributed by atoms with Gasteiger partial charge in [0.05, 0.1) is 23.6 Å². The normalized spacial score (nSPS) is 26.1. The summed E-state index contributed by atoms with van der Waals surface area (Å²) < 4.78 is 55.5. The minimum atomic E-state index is -4.19. The fourth-order valence-electron chi connectivity index (χ4n) is 4.86. The van der Waals surface area contributed by atoms with Crippen LogP contribution < -0.4 is 0 Å². The van der Waals surface area contributed by atoms with Crippen molar-refractivity contribution >= 4 is 6.08 Å². The van der Waals surface area contributed by atoms with Crippen LogP contribution in [-0.4, -0.2) is 15.7 Å². The van der Waals surface area contributed by atoms with E-state index in [1.54, 1.807) is 18.5 Å². The highest BCUT2D eigenvalue weighted by Crippen LogP contribution is 2.55. The van der Waals surface area contributed by atoms with Crippen LogP contribution in [0.2, 0.25) is 0 Å². The molecular weight excluding hydrogens is 356 g/mol.